The quantitative estimate of drug-likeness (QED) is 0.802. The summed E-state index contributed by atoms with van der Waals surface area (Å²) in [6.45, 7) is 2.01. The molecule has 0 fully saturated rings. The fourth-order valence-electron chi connectivity index (χ4n) is 1.86. The van der Waals surface area contributed by atoms with Crippen LogP contribution >= 0.6 is 0 Å². The third-order valence-corrected chi connectivity index (χ3v) is 3.02. The summed E-state index contributed by atoms with van der Waals surface area (Å²) in [5.41, 5.74) is 5.74. The Bertz CT molecular complexity index is 484. The third kappa shape index (κ3) is 2.45. The van der Waals surface area contributed by atoms with Crippen LogP contribution in [0.1, 0.15) is 30.1 Å². The molecular formula is C13H15NO4. The molecule has 0 saturated carbocycles. The van der Waals surface area contributed by atoms with E-state index in [2.05, 4.69) is 0 Å². The molecule has 0 aliphatic carbocycles. The highest BCUT2D eigenvalue weighted by Gasteiger charge is 2.21. The van der Waals surface area contributed by atoms with Crippen LogP contribution in [0, 0.1) is 5.92 Å². The van der Waals surface area contributed by atoms with Gasteiger partial charge < -0.3 is 15.2 Å². The number of carbonyl (C=O) groups is 2. The summed E-state index contributed by atoms with van der Waals surface area (Å²) in [5.74, 6) is 0.231. The molecule has 0 spiro atoms. The van der Waals surface area contributed by atoms with E-state index in [1.54, 1.807) is 18.2 Å². The molecule has 0 bridgehead atoms. The predicted octanol–water partition coefficient (Wildman–Crippen LogP) is 1.50. The van der Waals surface area contributed by atoms with Crippen LogP contribution in [-0.2, 0) is 4.79 Å². The van der Waals surface area contributed by atoms with Crippen LogP contribution in [0.3, 0.4) is 0 Å². The lowest BCUT2D eigenvalue weighted by Crippen LogP contribution is -2.25. The van der Waals surface area contributed by atoms with Gasteiger partial charge in [-0.05, 0) is 24.6 Å². The largest absolute Gasteiger partial charge is 0.454 e. The topological polar surface area (TPSA) is 78.6 Å². The number of carbonyl (C=O) groups excluding carboxylic acids is 2. The Kier molecular flexibility index (Phi) is 3.50. The Hall–Kier alpha value is -2.04. The van der Waals surface area contributed by atoms with Gasteiger partial charge in [-0.2, -0.15) is 0 Å². The van der Waals surface area contributed by atoms with E-state index in [1.165, 1.54) is 0 Å². The Morgan fingerprint density at radius 2 is 2.06 bits per heavy atom. The average Bonchev–Trinajstić information content (AvgIpc) is 2.82. The zero-order chi connectivity index (χ0) is 13.1. The SMILES string of the molecule is CCC(CC(=O)c1ccc2c(c1)OCO2)C(N)=O. The maximum Gasteiger partial charge on any atom is 0.231 e. The zero-order valence-corrected chi connectivity index (χ0v) is 10.1. The van der Waals surface area contributed by atoms with E-state index in [1.807, 2.05) is 6.92 Å². The second kappa shape index (κ2) is 5.08. The summed E-state index contributed by atoms with van der Waals surface area (Å²) < 4.78 is 10.4. The first-order chi connectivity index (χ1) is 8.61. The number of nitrogens with two attached hydrogens (primary N) is 1. The van der Waals surface area contributed by atoms with Crippen LogP contribution in [0.5, 0.6) is 11.5 Å². The van der Waals surface area contributed by atoms with Gasteiger partial charge in [0, 0.05) is 17.9 Å². The molecular weight excluding hydrogens is 234 g/mol. The van der Waals surface area contributed by atoms with Gasteiger partial charge in [0.15, 0.2) is 17.3 Å². The highest BCUT2D eigenvalue weighted by atomic mass is 16.7. The van der Waals surface area contributed by atoms with Crippen molar-refractivity contribution in [3.63, 3.8) is 0 Å². The minimum Gasteiger partial charge on any atom is -0.454 e. The number of rotatable bonds is 5. The van der Waals surface area contributed by atoms with E-state index in [-0.39, 0.29) is 19.0 Å². The number of hydrogen-bond donors (Lipinski definition) is 1. The monoisotopic (exact) mass is 249 g/mol. The number of ether oxygens (including phenoxy) is 2. The first-order valence-electron chi connectivity index (χ1n) is 5.84. The van der Waals surface area contributed by atoms with Gasteiger partial charge in [0.1, 0.15) is 0 Å². The fraction of sp³-hybridized carbons (Fsp3) is 0.385. The highest BCUT2D eigenvalue weighted by molar-refractivity contribution is 5.99. The van der Waals surface area contributed by atoms with Crippen LogP contribution in [0.4, 0.5) is 0 Å². The molecule has 96 valence electrons. The Morgan fingerprint density at radius 1 is 1.33 bits per heavy atom. The first kappa shape index (κ1) is 12.4. The lowest BCUT2D eigenvalue weighted by atomic mass is 9.95. The number of fused-ring (bicyclic) bond motifs is 1. The Labute approximate surface area is 105 Å². The maximum atomic E-state index is 12.0. The van der Waals surface area contributed by atoms with Crippen LogP contribution in [0.15, 0.2) is 18.2 Å². The summed E-state index contributed by atoms with van der Waals surface area (Å²) in [6, 6.07) is 5.00. The molecule has 2 N–H and O–H groups in total. The molecule has 5 heteroatoms. The molecule has 1 heterocycles. The van der Waals surface area contributed by atoms with Gasteiger partial charge >= 0.3 is 0 Å². The molecule has 1 amide bonds. The number of Topliss-reactive ketones (excluding diaryl/α,β-unsaturated/α-hetero) is 1. The molecule has 1 aliphatic heterocycles. The third-order valence-electron chi connectivity index (χ3n) is 3.02. The molecule has 0 aromatic heterocycles. The van der Waals surface area contributed by atoms with Crippen molar-refractivity contribution < 1.29 is 19.1 Å². The van der Waals surface area contributed by atoms with Gasteiger partial charge in [0.05, 0.1) is 0 Å². The van der Waals surface area contributed by atoms with Crippen LogP contribution in [0.2, 0.25) is 0 Å². The van der Waals surface area contributed by atoms with Crippen molar-refractivity contribution in [2.75, 3.05) is 6.79 Å². The minimum atomic E-state index is -0.438. The van der Waals surface area contributed by atoms with Crippen LogP contribution in [0.25, 0.3) is 0 Å². The lowest BCUT2D eigenvalue weighted by molar-refractivity contribution is -0.121. The van der Waals surface area contributed by atoms with Gasteiger partial charge in [0.2, 0.25) is 12.7 Å². The van der Waals surface area contributed by atoms with Crippen molar-refractivity contribution in [1.29, 1.82) is 0 Å². The second-order valence-corrected chi connectivity index (χ2v) is 4.20. The zero-order valence-electron chi connectivity index (χ0n) is 10.1. The molecule has 1 unspecified atom stereocenters. The number of primary amides is 1. The van der Waals surface area contributed by atoms with Crippen molar-refractivity contribution >= 4 is 11.7 Å². The molecule has 18 heavy (non-hydrogen) atoms. The van der Waals surface area contributed by atoms with Gasteiger partial charge in [0.25, 0.3) is 0 Å². The maximum absolute atomic E-state index is 12.0. The van der Waals surface area contributed by atoms with Crippen LogP contribution < -0.4 is 15.2 Å². The van der Waals surface area contributed by atoms with Crippen molar-refractivity contribution in [2.45, 2.75) is 19.8 Å². The van der Waals surface area contributed by atoms with Crippen molar-refractivity contribution in [1.82, 2.24) is 0 Å². The van der Waals surface area contributed by atoms with E-state index in [0.29, 0.717) is 23.5 Å². The highest BCUT2D eigenvalue weighted by Crippen LogP contribution is 2.33. The summed E-state index contributed by atoms with van der Waals surface area (Å²) >= 11 is 0. The van der Waals surface area contributed by atoms with Gasteiger partial charge in [-0.15, -0.1) is 0 Å². The first-order valence-corrected chi connectivity index (χ1v) is 5.84. The standard InChI is InChI=1S/C13H15NO4/c1-2-8(13(14)16)5-10(15)9-3-4-11-12(6-9)18-7-17-11/h3-4,6,8H,2,5,7H2,1H3,(H2,14,16). The molecule has 0 radical (unpaired) electrons. The van der Waals surface area contributed by atoms with E-state index < -0.39 is 11.8 Å². The molecule has 0 saturated heterocycles. The molecule has 5 nitrogen and oxygen atoms in total. The molecule has 1 aliphatic rings. The van der Waals surface area contributed by atoms with E-state index in [4.69, 9.17) is 15.2 Å². The number of ketones is 1. The van der Waals surface area contributed by atoms with E-state index in [9.17, 15) is 9.59 Å². The Morgan fingerprint density at radius 3 is 2.72 bits per heavy atom. The van der Waals surface area contributed by atoms with Crippen molar-refractivity contribution in [3.05, 3.63) is 23.8 Å². The number of benzene rings is 1. The summed E-state index contributed by atoms with van der Waals surface area (Å²) in [7, 11) is 0. The smallest absolute Gasteiger partial charge is 0.231 e. The van der Waals surface area contributed by atoms with Crippen molar-refractivity contribution in [2.24, 2.45) is 11.7 Å². The van der Waals surface area contributed by atoms with Gasteiger partial charge in [-0.25, -0.2) is 0 Å². The molecule has 1 aromatic carbocycles. The normalized spacial score (nSPS) is 14.3. The van der Waals surface area contributed by atoms with E-state index in [0.717, 1.165) is 0 Å². The van der Waals surface area contributed by atoms with Crippen molar-refractivity contribution in [3.8, 4) is 11.5 Å². The number of hydrogen-bond acceptors (Lipinski definition) is 4. The second-order valence-electron chi connectivity index (χ2n) is 4.20. The molecule has 1 atom stereocenters. The number of amides is 1. The van der Waals surface area contributed by atoms with E-state index >= 15 is 0 Å². The summed E-state index contributed by atoms with van der Waals surface area (Å²) in [5, 5.41) is 0. The molecule has 2 rings (SSSR count). The Balaban J connectivity index is 2.12. The van der Waals surface area contributed by atoms with Gasteiger partial charge in [-0.3, -0.25) is 9.59 Å². The fourth-order valence-corrected chi connectivity index (χ4v) is 1.86. The summed E-state index contributed by atoms with van der Waals surface area (Å²) in [4.78, 5) is 23.1. The average molecular weight is 249 g/mol. The lowest BCUT2D eigenvalue weighted by Gasteiger charge is -2.09. The predicted molar refractivity (Wildman–Crippen MR) is 64.5 cm³/mol. The minimum absolute atomic E-state index is 0.112. The van der Waals surface area contributed by atoms with Gasteiger partial charge in [-0.1, -0.05) is 6.92 Å². The van der Waals surface area contributed by atoms with Crippen LogP contribution in [-0.4, -0.2) is 18.5 Å². The molecule has 1 aromatic rings. The summed E-state index contributed by atoms with van der Waals surface area (Å²) in [6.07, 6.45) is 0.692.